The summed E-state index contributed by atoms with van der Waals surface area (Å²) in [6.45, 7) is 5.78. The zero-order valence-electron chi connectivity index (χ0n) is 15.6. The number of rotatable bonds is 6. The van der Waals surface area contributed by atoms with Crippen LogP contribution in [0.5, 0.6) is 5.88 Å². The number of aryl methyl sites for hydroxylation is 3. The lowest BCUT2D eigenvalue weighted by atomic mass is 10.1. The molecule has 5 nitrogen and oxygen atoms in total. The highest BCUT2D eigenvalue weighted by Crippen LogP contribution is 2.26. The molecule has 0 amide bonds. The molecule has 1 aromatic heterocycles. The average Bonchev–Trinajstić information content (AvgIpc) is 3.06. The Morgan fingerprint density at radius 2 is 1.81 bits per heavy atom. The van der Waals surface area contributed by atoms with Crippen molar-refractivity contribution in [2.24, 2.45) is 0 Å². The van der Waals surface area contributed by atoms with Crippen molar-refractivity contribution in [3.63, 3.8) is 0 Å². The summed E-state index contributed by atoms with van der Waals surface area (Å²) in [4.78, 5) is 4.66. The summed E-state index contributed by atoms with van der Waals surface area (Å²) in [7, 11) is -3.61. The molecule has 3 rings (SSSR count). The summed E-state index contributed by atoms with van der Waals surface area (Å²) in [5.74, 6) is 0.527. The van der Waals surface area contributed by atoms with E-state index in [1.165, 1.54) is 12.8 Å². The first-order valence-electron chi connectivity index (χ1n) is 9.05. The van der Waals surface area contributed by atoms with Gasteiger partial charge in [0.2, 0.25) is 15.9 Å². The van der Waals surface area contributed by atoms with Crippen LogP contribution in [0.15, 0.2) is 35.4 Å². The van der Waals surface area contributed by atoms with Crippen molar-refractivity contribution < 1.29 is 13.2 Å². The fraction of sp³-hybridized carbons (Fsp3) is 0.450. The quantitative estimate of drug-likeness (QED) is 0.835. The molecule has 1 aromatic carbocycles. The van der Waals surface area contributed by atoms with Crippen LogP contribution in [0.1, 0.15) is 47.9 Å². The van der Waals surface area contributed by atoms with Crippen LogP contribution >= 0.6 is 0 Å². The minimum atomic E-state index is -3.61. The van der Waals surface area contributed by atoms with Gasteiger partial charge in [0, 0.05) is 18.3 Å². The van der Waals surface area contributed by atoms with E-state index in [2.05, 4.69) is 9.71 Å². The Balaban J connectivity index is 1.78. The molecule has 0 radical (unpaired) electrons. The molecule has 0 unspecified atom stereocenters. The Hall–Kier alpha value is -1.92. The van der Waals surface area contributed by atoms with Gasteiger partial charge in [0.1, 0.15) is 6.10 Å². The van der Waals surface area contributed by atoms with Gasteiger partial charge < -0.3 is 4.74 Å². The van der Waals surface area contributed by atoms with Crippen LogP contribution in [0.4, 0.5) is 0 Å². The number of aromatic nitrogens is 1. The number of benzene rings is 1. The average molecular weight is 375 g/mol. The van der Waals surface area contributed by atoms with E-state index in [4.69, 9.17) is 4.74 Å². The number of sulfonamides is 1. The Kier molecular flexibility index (Phi) is 5.63. The predicted octanol–water partition coefficient (Wildman–Crippen LogP) is 3.81. The van der Waals surface area contributed by atoms with Crippen molar-refractivity contribution in [3.05, 3.63) is 52.7 Å². The monoisotopic (exact) mass is 374 g/mol. The van der Waals surface area contributed by atoms with Crippen LogP contribution in [0, 0.1) is 20.8 Å². The standard InChI is InChI=1S/C20H26N2O3S/c1-14-11-15(2)19(16(3)12-14)26(23,24)22-13-17-7-6-10-21-20(17)25-18-8-4-5-9-18/h6-7,10-12,18,22H,4-5,8-9,13H2,1-3H3. The lowest BCUT2D eigenvalue weighted by Gasteiger charge is -2.16. The van der Waals surface area contributed by atoms with Crippen LogP contribution in [-0.4, -0.2) is 19.5 Å². The number of hydrogen-bond donors (Lipinski definition) is 1. The molecule has 0 spiro atoms. The predicted molar refractivity (Wildman–Crippen MR) is 102 cm³/mol. The molecule has 1 N–H and O–H groups in total. The van der Waals surface area contributed by atoms with Gasteiger partial charge in [-0.25, -0.2) is 18.1 Å². The summed E-state index contributed by atoms with van der Waals surface area (Å²) in [5.41, 5.74) is 3.32. The summed E-state index contributed by atoms with van der Waals surface area (Å²) in [6, 6.07) is 7.43. The van der Waals surface area contributed by atoms with Gasteiger partial charge in [-0.05, 0) is 63.6 Å². The lowest BCUT2D eigenvalue weighted by Crippen LogP contribution is -2.25. The first-order valence-corrected chi connectivity index (χ1v) is 10.5. The van der Waals surface area contributed by atoms with Crippen molar-refractivity contribution in [1.29, 1.82) is 0 Å². The molecular formula is C20H26N2O3S. The van der Waals surface area contributed by atoms with Gasteiger partial charge in [-0.15, -0.1) is 0 Å². The molecule has 26 heavy (non-hydrogen) atoms. The number of ether oxygens (including phenoxy) is 1. The molecule has 6 heteroatoms. The largest absolute Gasteiger partial charge is 0.474 e. The van der Waals surface area contributed by atoms with Crippen LogP contribution in [0.3, 0.4) is 0 Å². The minimum absolute atomic E-state index is 0.158. The smallest absolute Gasteiger partial charge is 0.241 e. The Morgan fingerprint density at radius 1 is 1.15 bits per heavy atom. The Bertz CT molecular complexity index is 865. The fourth-order valence-corrected chi connectivity index (χ4v) is 5.12. The lowest BCUT2D eigenvalue weighted by molar-refractivity contribution is 0.199. The molecule has 140 valence electrons. The summed E-state index contributed by atoms with van der Waals surface area (Å²) in [6.07, 6.45) is 6.27. The van der Waals surface area contributed by atoms with Gasteiger partial charge in [0.15, 0.2) is 0 Å². The van der Waals surface area contributed by atoms with Crippen molar-refractivity contribution in [2.45, 2.75) is 64.0 Å². The third-order valence-electron chi connectivity index (χ3n) is 4.76. The zero-order chi connectivity index (χ0) is 18.7. The highest BCUT2D eigenvalue weighted by Gasteiger charge is 2.22. The molecule has 1 aliphatic rings. The maximum Gasteiger partial charge on any atom is 0.241 e. The van der Waals surface area contributed by atoms with Gasteiger partial charge >= 0.3 is 0 Å². The van der Waals surface area contributed by atoms with Gasteiger partial charge in [0.25, 0.3) is 0 Å². The maximum absolute atomic E-state index is 12.8. The Labute approximate surface area is 155 Å². The van der Waals surface area contributed by atoms with Crippen molar-refractivity contribution >= 4 is 10.0 Å². The van der Waals surface area contributed by atoms with Crippen LogP contribution in [-0.2, 0) is 16.6 Å². The number of nitrogens with one attached hydrogen (secondary N) is 1. The summed E-state index contributed by atoms with van der Waals surface area (Å²) < 4.78 is 34.4. The first kappa shape index (κ1) is 18.9. The summed E-state index contributed by atoms with van der Waals surface area (Å²) >= 11 is 0. The highest BCUT2D eigenvalue weighted by atomic mass is 32.2. The van der Waals surface area contributed by atoms with E-state index < -0.39 is 10.0 Å². The van der Waals surface area contributed by atoms with E-state index in [0.29, 0.717) is 10.8 Å². The van der Waals surface area contributed by atoms with Gasteiger partial charge in [-0.3, -0.25) is 0 Å². The SMILES string of the molecule is Cc1cc(C)c(S(=O)(=O)NCc2cccnc2OC2CCCC2)c(C)c1. The fourth-order valence-electron chi connectivity index (χ4n) is 3.66. The molecular weight excluding hydrogens is 348 g/mol. The molecule has 0 bridgehead atoms. The molecule has 1 heterocycles. The third kappa shape index (κ3) is 4.24. The normalized spacial score (nSPS) is 15.3. The van der Waals surface area contributed by atoms with E-state index in [1.807, 2.05) is 39.0 Å². The zero-order valence-corrected chi connectivity index (χ0v) is 16.4. The number of hydrogen-bond acceptors (Lipinski definition) is 4. The number of nitrogens with zero attached hydrogens (tertiary/aromatic N) is 1. The maximum atomic E-state index is 12.8. The second-order valence-corrected chi connectivity index (χ2v) is 8.75. The van der Waals surface area contributed by atoms with Crippen molar-refractivity contribution in [2.75, 3.05) is 0 Å². The molecule has 1 saturated carbocycles. The van der Waals surface area contributed by atoms with E-state index in [0.717, 1.165) is 35.1 Å². The van der Waals surface area contributed by atoms with Gasteiger partial charge in [0.05, 0.1) is 4.90 Å². The van der Waals surface area contributed by atoms with Crippen LogP contribution < -0.4 is 9.46 Å². The van der Waals surface area contributed by atoms with Gasteiger partial charge in [-0.1, -0.05) is 23.8 Å². The number of pyridine rings is 1. The summed E-state index contributed by atoms with van der Waals surface area (Å²) in [5, 5.41) is 0. The molecule has 1 aliphatic carbocycles. The van der Waals surface area contributed by atoms with E-state index in [-0.39, 0.29) is 12.6 Å². The second-order valence-electron chi connectivity index (χ2n) is 7.04. The van der Waals surface area contributed by atoms with Gasteiger partial charge in [-0.2, -0.15) is 0 Å². The van der Waals surface area contributed by atoms with Crippen LogP contribution in [0.25, 0.3) is 0 Å². The second kappa shape index (κ2) is 7.76. The highest BCUT2D eigenvalue weighted by molar-refractivity contribution is 7.89. The first-order chi connectivity index (χ1) is 12.4. The minimum Gasteiger partial charge on any atom is -0.474 e. The molecule has 1 fully saturated rings. The molecule has 2 aromatic rings. The topological polar surface area (TPSA) is 68.3 Å². The Morgan fingerprint density at radius 3 is 2.46 bits per heavy atom. The molecule has 0 atom stereocenters. The van der Waals surface area contributed by atoms with Crippen molar-refractivity contribution in [1.82, 2.24) is 9.71 Å². The molecule has 0 aliphatic heterocycles. The van der Waals surface area contributed by atoms with E-state index in [1.54, 1.807) is 12.3 Å². The van der Waals surface area contributed by atoms with E-state index in [9.17, 15) is 8.42 Å². The van der Waals surface area contributed by atoms with Crippen LogP contribution in [0.2, 0.25) is 0 Å². The molecule has 0 saturated heterocycles. The van der Waals surface area contributed by atoms with E-state index >= 15 is 0 Å². The third-order valence-corrected chi connectivity index (χ3v) is 6.46. The van der Waals surface area contributed by atoms with Crippen molar-refractivity contribution in [3.8, 4) is 5.88 Å².